The summed E-state index contributed by atoms with van der Waals surface area (Å²) in [6.07, 6.45) is 1.26. The first kappa shape index (κ1) is 14.5. The number of carbonyl (C=O) groups is 1. The minimum Gasteiger partial charge on any atom is -0.505 e. The number of carbonyl (C=O) groups excluding carboxylic acids is 1. The van der Waals surface area contributed by atoms with Crippen LogP contribution in [0.25, 0.3) is 17.0 Å². The van der Waals surface area contributed by atoms with E-state index in [1.165, 1.54) is 13.2 Å². The quantitative estimate of drug-likeness (QED) is 0.511. The lowest BCUT2D eigenvalue weighted by Crippen LogP contribution is -2.06. The predicted octanol–water partition coefficient (Wildman–Crippen LogP) is 2.35. The number of aromatic nitrogens is 1. The number of nitriles is 1. The highest BCUT2D eigenvalue weighted by atomic mass is 16.5. The zero-order chi connectivity index (χ0) is 15.4. The molecule has 1 heterocycles. The summed E-state index contributed by atoms with van der Waals surface area (Å²) < 4.78 is 9.86. The van der Waals surface area contributed by atoms with Gasteiger partial charge < -0.3 is 19.6 Å². The normalized spacial score (nSPS) is 11.2. The summed E-state index contributed by atoms with van der Waals surface area (Å²) in [6.45, 7) is 1.83. The fourth-order valence-corrected chi connectivity index (χ4v) is 1.90. The van der Waals surface area contributed by atoms with Crippen LogP contribution in [-0.2, 0) is 9.53 Å². The van der Waals surface area contributed by atoms with E-state index in [0.717, 1.165) is 0 Å². The van der Waals surface area contributed by atoms with Crippen LogP contribution in [0.5, 0.6) is 11.5 Å². The van der Waals surface area contributed by atoms with Crippen molar-refractivity contribution in [2.24, 2.45) is 0 Å². The Balaban J connectivity index is 2.49. The monoisotopic (exact) mass is 286 g/mol. The van der Waals surface area contributed by atoms with Gasteiger partial charge in [-0.1, -0.05) is 0 Å². The van der Waals surface area contributed by atoms with E-state index in [-0.39, 0.29) is 23.6 Å². The predicted molar refractivity (Wildman–Crippen MR) is 76.7 cm³/mol. The lowest BCUT2D eigenvalue weighted by atomic mass is 10.2. The summed E-state index contributed by atoms with van der Waals surface area (Å²) in [5, 5.41) is 19.7. The average molecular weight is 286 g/mol. The van der Waals surface area contributed by atoms with Crippen molar-refractivity contribution in [3.63, 3.8) is 0 Å². The van der Waals surface area contributed by atoms with Crippen molar-refractivity contribution in [3.05, 3.63) is 29.5 Å². The largest absolute Gasteiger partial charge is 0.505 e. The van der Waals surface area contributed by atoms with Gasteiger partial charge in [-0.15, -0.1) is 0 Å². The van der Waals surface area contributed by atoms with Crippen molar-refractivity contribution >= 4 is 22.9 Å². The van der Waals surface area contributed by atoms with Crippen LogP contribution >= 0.6 is 0 Å². The second-order valence-electron chi connectivity index (χ2n) is 4.19. The third-order valence-electron chi connectivity index (χ3n) is 2.91. The number of fused-ring (bicyclic) bond motifs is 1. The third kappa shape index (κ3) is 2.82. The highest BCUT2D eigenvalue weighted by molar-refractivity contribution is 6.00. The summed E-state index contributed by atoms with van der Waals surface area (Å²) >= 11 is 0. The van der Waals surface area contributed by atoms with Crippen LogP contribution in [-0.4, -0.2) is 29.8 Å². The van der Waals surface area contributed by atoms with Gasteiger partial charge in [-0.3, -0.25) is 0 Å². The van der Waals surface area contributed by atoms with E-state index in [0.29, 0.717) is 16.7 Å². The van der Waals surface area contributed by atoms with E-state index in [1.807, 2.05) is 0 Å². The summed E-state index contributed by atoms with van der Waals surface area (Å²) in [7, 11) is 1.53. The number of methoxy groups -OCH3 is 1. The molecule has 0 saturated heterocycles. The average Bonchev–Trinajstić information content (AvgIpc) is 2.80. The second kappa shape index (κ2) is 6.01. The summed E-state index contributed by atoms with van der Waals surface area (Å²) in [5.41, 5.74) is 0.745. The SMILES string of the molecule is CCOC(=O)/C(C#N)=C/c1[nH]c2ccc(OC)cc2c1O. The van der Waals surface area contributed by atoms with E-state index >= 15 is 0 Å². The molecule has 0 bridgehead atoms. The van der Waals surface area contributed by atoms with Crippen LogP contribution < -0.4 is 4.74 Å². The Labute approximate surface area is 121 Å². The molecule has 0 aliphatic rings. The Hall–Kier alpha value is -2.94. The maximum absolute atomic E-state index is 11.6. The Kier molecular flexibility index (Phi) is 4.14. The zero-order valence-electron chi connectivity index (χ0n) is 11.6. The van der Waals surface area contributed by atoms with Gasteiger partial charge in [0.05, 0.1) is 19.4 Å². The fourth-order valence-electron chi connectivity index (χ4n) is 1.90. The van der Waals surface area contributed by atoms with Gasteiger partial charge in [-0.05, 0) is 31.2 Å². The number of nitrogens with one attached hydrogen (secondary N) is 1. The van der Waals surface area contributed by atoms with Crippen molar-refractivity contribution in [2.45, 2.75) is 6.92 Å². The van der Waals surface area contributed by atoms with Crippen molar-refractivity contribution in [3.8, 4) is 17.6 Å². The van der Waals surface area contributed by atoms with E-state index in [9.17, 15) is 9.90 Å². The maximum atomic E-state index is 11.6. The van der Waals surface area contributed by atoms with Crippen LogP contribution in [0.3, 0.4) is 0 Å². The van der Waals surface area contributed by atoms with Crippen LogP contribution in [0.2, 0.25) is 0 Å². The van der Waals surface area contributed by atoms with Crippen molar-refractivity contribution in [1.82, 2.24) is 4.98 Å². The van der Waals surface area contributed by atoms with Crippen LogP contribution in [0.1, 0.15) is 12.6 Å². The number of ether oxygens (including phenoxy) is 2. The molecule has 21 heavy (non-hydrogen) atoms. The lowest BCUT2D eigenvalue weighted by Gasteiger charge is -1.99. The molecule has 0 atom stereocenters. The number of hydrogen-bond donors (Lipinski definition) is 2. The second-order valence-corrected chi connectivity index (χ2v) is 4.19. The molecule has 0 unspecified atom stereocenters. The molecule has 1 aromatic carbocycles. The van der Waals surface area contributed by atoms with Crippen LogP contribution in [0, 0.1) is 11.3 Å². The molecule has 6 nitrogen and oxygen atoms in total. The molecule has 108 valence electrons. The lowest BCUT2D eigenvalue weighted by molar-refractivity contribution is -0.137. The highest BCUT2D eigenvalue weighted by Crippen LogP contribution is 2.32. The number of aromatic hydroxyl groups is 1. The molecule has 6 heteroatoms. The third-order valence-corrected chi connectivity index (χ3v) is 2.91. The van der Waals surface area contributed by atoms with E-state index in [2.05, 4.69) is 4.98 Å². The molecule has 1 aromatic heterocycles. The molecule has 0 aliphatic carbocycles. The van der Waals surface area contributed by atoms with Gasteiger partial charge in [0.15, 0.2) is 0 Å². The summed E-state index contributed by atoms with van der Waals surface area (Å²) in [6, 6.07) is 6.90. The smallest absolute Gasteiger partial charge is 0.348 e. The minimum absolute atomic E-state index is 0.0547. The standard InChI is InChI=1S/C15H14N2O4/c1-3-21-15(19)9(8-16)6-13-14(18)11-7-10(20-2)4-5-12(11)17-13/h4-7,17-18H,3H2,1-2H3/b9-6+. The van der Waals surface area contributed by atoms with Gasteiger partial charge in [-0.2, -0.15) is 5.26 Å². The van der Waals surface area contributed by atoms with Gasteiger partial charge in [0.2, 0.25) is 0 Å². The molecular formula is C15H14N2O4. The Morgan fingerprint density at radius 1 is 1.52 bits per heavy atom. The number of aromatic amines is 1. The first-order valence-corrected chi connectivity index (χ1v) is 6.28. The number of H-pyrrole nitrogens is 1. The van der Waals surface area contributed by atoms with Crippen LogP contribution in [0.4, 0.5) is 0 Å². The number of nitrogens with zero attached hydrogens (tertiary/aromatic N) is 1. The summed E-state index contributed by atoms with van der Waals surface area (Å²) in [4.78, 5) is 14.5. The Morgan fingerprint density at radius 2 is 2.29 bits per heavy atom. The van der Waals surface area contributed by atoms with Gasteiger partial charge in [0.25, 0.3) is 0 Å². The van der Waals surface area contributed by atoms with Gasteiger partial charge in [0.1, 0.15) is 23.1 Å². The number of benzene rings is 1. The molecule has 2 rings (SSSR count). The molecule has 0 amide bonds. The molecule has 0 spiro atoms. The van der Waals surface area contributed by atoms with Crippen molar-refractivity contribution < 1.29 is 19.4 Å². The minimum atomic E-state index is -0.726. The topological polar surface area (TPSA) is 95.3 Å². The number of rotatable bonds is 4. The molecule has 0 fully saturated rings. The fraction of sp³-hybridized carbons (Fsp3) is 0.200. The first-order valence-electron chi connectivity index (χ1n) is 6.28. The Bertz CT molecular complexity index is 753. The van der Waals surface area contributed by atoms with Gasteiger partial charge in [-0.25, -0.2) is 4.79 Å². The van der Waals surface area contributed by atoms with Crippen molar-refractivity contribution in [1.29, 1.82) is 5.26 Å². The number of esters is 1. The van der Waals surface area contributed by atoms with E-state index < -0.39 is 5.97 Å². The summed E-state index contributed by atoms with van der Waals surface area (Å²) in [5.74, 6) is -0.185. The van der Waals surface area contributed by atoms with E-state index in [4.69, 9.17) is 14.7 Å². The molecule has 0 saturated carbocycles. The van der Waals surface area contributed by atoms with Crippen LogP contribution in [0.15, 0.2) is 23.8 Å². The number of hydrogen-bond acceptors (Lipinski definition) is 5. The molecule has 2 N–H and O–H groups in total. The van der Waals surface area contributed by atoms with E-state index in [1.54, 1.807) is 31.2 Å². The first-order chi connectivity index (χ1) is 10.1. The molecule has 0 radical (unpaired) electrons. The molecule has 2 aromatic rings. The maximum Gasteiger partial charge on any atom is 0.348 e. The molecule has 0 aliphatic heterocycles. The molecular weight excluding hydrogens is 272 g/mol. The van der Waals surface area contributed by atoms with Gasteiger partial charge in [0, 0.05) is 10.9 Å². The van der Waals surface area contributed by atoms with Gasteiger partial charge >= 0.3 is 5.97 Å². The Morgan fingerprint density at radius 3 is 2.90 bits per heavy atom. The highest BCUT2D eigenvalue weighted by Gasteiger charge is 2.14. The zero-order valence-corrected chi connectivity index (χ0v) is 11.6. The van der Waals surface area contributed by atoms with Crippen molar-refractivity contribution in [2.75, 3.05) is 13.7 Å².